The van der Waals surface area contributed by atoms with Gasteiger partial charge in [0.1, 0.15) is 0 Å². The highest BCUT2D eigenvalue weighted by atomic mass is 31.2. The summed E-state index contributed by atoms with van der Waals surface area (Å²) in [5.74, 6) is 0. The maximum atomic E-state index is 11.8. The molecule has 0 saturated carbocycles. The lowest BCUT2D eigenvalue weighted by molar-refractivity contribution is -0.894. The molecule has 0 radical (unpaired) electrons. The van der Waals surface area contributed by atoms with Crippen molar-refractivity contribution in [1.29, 1.82) is 0 Å². The fourth-order valence-corrected chi connectivity index (χ4v) is 3.16. The average Bonchev–Trinajstić information content (AvgIpc) is 3.06. The predicted octanol–water partition coefficient (Wildman–Crippen LogP) is 0.0748. The van der Waals surface area contributed by atoms with E-state index in [-0.39, 0.29) is 12.7 Å². The smallest absolute Gasteiger partial charge is 0.206 e. The minimum atomic E-state index is -3.92. The van der Waals surface area contributed by atoms with E-state index in [0.717, 1.165) is 12.8 Å². The Bertz CT molecular complexity index is 343. The summed E-state index contributed by atoms with van der Waals surface area (Å²) in [5, 5.41) is 0. The molecule has 0 aromatic heterocycles. The van der Waals surface area contributed by atoms with E-state index in [1.165, 1.54) is 31.4 Å². The number of rotatable bonds is 10. The third-order valence-corrected chi connectivity index (χ3v) is 5.75. The van der Waals surface area contributed by atoms with E-state index < -0.39 is 7.75 Å². The molecule has 7 nitrogen and oxygen atoms in total. The van der Waals surface area contributed by atoms with E-state index in [0.29, 0.717) is 19.7 Å². The lowest BCUT2D eigenvalue weighted by Gasteiger charge is -2.33. The fourth-order valence-electron chi connectivity index (χ4n) is 2.27. The van der Waals surface area contributed by atoms with Crippen molar-refractivity contribution < 1.29 is 23.6 Å². The van der Waals surface area contributed by atoms with Crippen LogP contribution in [-0.2, 0) is 13.8 Å². The molecule has 146 valence electrons. The maximum absolute atomic E-state index is 11.8. The summed E-state index contributed by atoms with van der Waals surface area (Å²) in [6.45, 7) is 12.4. The number of ether oxygens (including phenoxy) is 1. The van der Waals surface area contributed by atoms with Crippen LogP contribution in [0.15, 0.2) is 0 Å². The van der Waals surface area contributed by atoms with Crippen molar-refractivity contribution in [3.8, 4) is 0 Å². The van der Waals surface area contributed by atoms with E-state index >= 15 is 0 Å². The second-order valence-corrected chi connectivity index (χ2v) is 8.27. The van der Waals surface area contributed by atoms with Crippen LogP contribution >= 0.6 is 7.75 Å². The molecule has 1 aliphatic heterocycles. The first kappa shape index (κ1) is 24.0. The Labute approximate surface area is 148 Å². The van der Waals surface area contributed by atoms with Crippen LogP contribution in [-0.4, -0.2) is 82.8 Å². The first-order valence-corrected chi connectivity index (χ1v) is 10.5. The number of nitrogens with zero attached hydrogens (tertiary/aromatic N) is 2. The Morgan fingerprint density at radius 1 is 1.17 bits per heavy atom. The van der Waals surface area contributed by atoms with Crippen LogP contribution < -0.4 is 9.79 Å². The van der Waals surface area contributed by atoms with Crippen molar-refractivity contribution in [2.75, 3.05) is 67.1 Å². The Hall–Kier alpha value is -0.0100. The maximum Gasteiger partial charge on any atom is 0.206 e. The average molecular weight is 367 g/mol. The number of nitrogens with one attached hydrogen (secondary N) is 1. The summed E-state index contributed by atoms with van der Waals surface area (Å²) >= 11 is 0. The Kier molecular flexibility index (Phi) is 13.2. The normalized spacial score (nSPS) is 20.3. The van der Waals surface area contributed by atoms with Gasteiger partial charge in [-0.2, -0.15) is 0 Å². The highest BCUT2D eigenvalue weighted by molar-refractivity contribution is 7.48. The lowest BCUT2D eigenvalue weighted by atomic mass is 10.2. The van der Waals surface area contributed by atoms with Gasteiger partial charge in [0.05, 0.1) is 32.3 Å². The third kappa shape index (κ3) is 10.8. The van der Waals surface area contributed by atoms with Crippen LogP contribution in [0.3, 0.4) is 0 Å². The van der Waals surface area contributed by atoms with Gasteiger partial charge in [0.2, 0.25) is 7.75 Å². The summed E-state index contributed by atoms with van der Waals surface area (Å²) in [7, 11) is 1.42. The standard InChI is InChI=1S/C10H23N2O4P.C6H15N/c1-11(2)6-7-12(3)17(13,14)16-9-10-5-4-8-15-10;1-4-7(5-2)6-3/h10H,4-9H2,1-3H3,(H,13,14);4-6H2,1-3H3. The zero-order chi connectivity index (χ0) is 18.6. The largest absolute Gasteiger partial charge is 0.766 e. The third-order valence-electron chi connectivity index (χ3n) is 4.24. The van der Waals surface area contributed by atoms with Crippen LogP contribution in [0, 0.1) is 0 Å². The molecule has 1 N–H and O–H groups in total. The molecule has 0 aromatic rings. The van der Waals surface area contributed by atoms with Gasteiger partial charge in [0.25, 0.3) is 0 Å². The molecular formula is C16H38N3O4P. The number of likely N-dealkylation sites (N-methyl/N-ethyl adjacent to an activating group) is 2. The van der Waals surface area contributed by atoms with Crippen molar-refractivity contribution in [3.63, 3.8) is 0 Å². The number of hydrogen-bond acceptors (Lipinski definition) is 5. The van der Waals surface area contributed by atoms with Crippen molar-refractivity contribution in [2.24, 2.45) is 0 Å². The predicted molar refractivity (Wildman–Crippen MR) is 96.3 cm³/mol. The first-order chi connectivity index (χ1) is 11.3. The molecule has 24 heavy (non-hydrogen) atoms. The second-order valence-electron chi connectivity index (χ2n) is 6.39. The minimum Gasteiger partial charge on any atom is -0.766 e. The van der Waals surface area contributed by atoms with E-state index in [1.807, 2.05) is 19.0 Å². The molecule has 8 heteroatoms. The summed E-state index contributed by atoms with van der Waals surface area (Å²) < 4.78 is 23.3. The molecule has 2 atom stereocenters. The molecule has 1 fully saturated rings. The summed E-state index contributed by atoms with van der Waals surface area (Å²) in [6.07, 6.45) is 1.79. The first-order valence-electron chi connectivity index (χ1n) is 9.03. The lowest BCUT2D eigenvalue weighted by Crippen LogP contribution is -3.11. The molecule has 0 bridgehead atoms. The molecular weight excluding hydrogens is 329 g/mol. The van der Waals surface area contributed by atoms with Crippen LogP contribution in [0.25, 0.3) is 0 Å². The van der Waals surface area contributed by atoms with Gasteiger partial charge >= 0.3 is 0 Å². The molecule has 1 aliphatic rings. The summed E-state index contributed by atoms with van der Waals surface area (Å²) in [5.41, 5.74) is 0. The van der Waals surface area contributed by atoms with Crippen LogP contribution in [0.1, 0.15) is 33.6 Å². The van der Waals surface area contributed by atoms with Gasteiger partial charge in [-0.1, -0.05) is 0 Å². The molecule has 1 saturated heterocycles. The van der Waals surface area contributed by atoms with Crippen molar-refractivity contribution in [2.45, 2.75) is 39.7 Å². The van der Waals surface area contributed by atoms with Crippen LogP contribution in [0.5, 0.6) is 0 Å². The van der Waals surface area contributed by atoms with Gasteiger partial charge in [0.15, 0.2) is 0 Å². The van der Waals surface area contributed by atoms with Crippen molar-refractivity contribution in [3.05, 3.63) is 0 Å². The van der Waals surface area contributed by atoms with Crippen molar-refractivity contribution >= 4 is 7.75 Å². The van der Waals surface area contributed by atoms with Gasteiger partial charge in [-0.05, 0) is 54.8 Å². The molecule has 1 heterocycles. The van der Waals surface area contributed by atoms with Gasteiger partial charge in [-0.3, -0.25) is 4.57 Å². The highest BCUT2D eigenvalue weighted by Crippen LogP contribution is 2.40. The molecule has 1 rings (SSSR count). The monoisotopic (exact) mass is 367 g/mol. The van der Waals surface area contributed by atoms with Crippen LogP contribution in [0.4, 0.5) is 0 Å². The molecule has 0 amide bonds. The number of quaternary nitrogens is 1. The van der Waals surface area contributed by atoms with Gasteiger partial charge in [-0.15, -0.1) is 0 Å². The summed E-state index contributed by atoms with van der Waals surface area (Å²) in [4.78, 5) is 15.4. The van der Waals surface area contributed by atoms with Gasteiger partial charge < -0.3 is 24.0 Å². The highest BCUT2D eigenvalue weighted by Gasteiger charge is 2.21. The Morgan fingerprint density at radius 3 is 2.12 bits per heavy atom. The number of hydrogen-bond donors (Lipinski definition) is 1. The van der Waals surface area contributed by atoms with E-state index in [9.17, 15) is 9.46 Å². The van der Waals surface area contributed by atoms with E-state index in [1.54, 1.807) is 4.90 Å². The molecule has 0 aromatic carbocycles. The molecule has 2 unspecified atom stereocenters. The SMILES string of the molecule is CC[NH+](CC)CC.CN(C)CCN(C)P(=O)([O-])OCC1CCCO1. The Morgan fingerprint density at radius 2 is 1.75 bits per heavy atom. The van der Waals surface area contributed by atoms with Gasteiger partial charge in [-0.25, -0.2) is 4.67 Å². The topological polar surface area (TPSA) is 69.5 Å². The zero-order valence-corrected chi connectivity index (χ0v) is 17.3. The second kappa shape index (κ2) is 13.2. The van der Waals surface area contributed by atoms with Crippen LogP contribution in [0.2, 0.25) is 0 Å². The molecule has 0 spiro atoms. The molecule has 0 aliphatic carbocycles. The minimum absolute atomic E-state index is 0.0699. The van der Waals surface area contributed by atoms with Crippen molar-refractivity contribution in [1.82, 2.24) is 9.57 Å². The zero-order valence-electron chi connectivity index (χ0n) is 16.4. The quantitative estimate of drug-likeness (QED) is 0.552. The van der Waals surface area contributed by atoms with E-state index in [2.05, 4.69) is 20.8 Å². The summed E-state index contributed by atoms with van der Waals surface area (Å²) in [6, 6.07) is 0. The fraction of sp³-hybridized carbons (Fsp3) is 1.00. The van der Waals surface area contributed by atoms with E-state index in [4.69, 9.17) is 9.26 Å². The van der Waals surface area contributed by atoms with Gasteiger partial charge in [0, 0.05) is 19.7 Å². The Balaban J connectivity index is 0.000000640.